The summed E-state index contributed by atoms with van der Waals surface area (Å²) in [6.07, 6.45) is 4.13. The van der Waals surface area contributed by atoms with Crippen LogP contribution in [0.15, 0.2) is 82.9 Å². The van der Waals surface area contributed by atoms with Crippen LogP contribution in [0.5, 0.6) is 11.5 Å². The van der Waals surface area contributed by atoms with Crippen LogP contribution < -0.4 is 26.9 Å². The van der Waals surface area contributed by atoms with Crippen molar-refractivity contribution >= 4 is 47.3 Å². The fourth-order valence-electron chi connectivity index (χ4n) is 8.94. The SMILES string of the molecule is NN=C(C=NCCOCCOCCOCC#Cc1cccc2c1CN(C1CCC(=O)NC1=O)C2=O)C(=O)N1CCC([C@@H]2CCNc3c(C(N)=O)c(-c4ccc(Oc5ccccc5)cc4)nn32)CC1. The third-order valence-corrected chi connectivity index (χ3v) is 12.3. The molecule has 3 aromatic carbocycles. The maximum Gasteiger partial charge on any atom is 0.275 e. The summed E-state index contributed by atoms with van der Waals surface area (Å²) in [5, 5.41) is 14.4. The number of amides is 5. The lowest BCUT2D eigenvalue weighted by Gasteiger charge is -2.38. The monoisotopic (exact) mass is 926 g/mol. The molecule has 0 radical (unpaired) electrons. The number of aliphatic imine (C=N–C) groups is 1. The Labute approximate surface area is 393 Å². The zero-order chi connectivity index (χ0) is 47.4. The Morgan fingerprint density at radius 3 is 2.34 bits per heavy atom. The highest BCUT2D eigenvalue weighted by Gasteiger charge is 2.40. The van der Waals surface area contributed by atoms with Gasteiger partial charge in [0.05, 0.1) is 51.8 Å². The average molecular weight is 927 g/mol. The number of nitrogens with one attached hydrogen (secondary N) is 2. The number of aromatic nitrogens is 2. The topological polar surface area (TPSA) is 247 Å². The van der Waals surface area contributed by atoms with Crippen molar-refractivity contribution in [2.45, 2.75) is 50.7 Å². The van der Waals surface area contributed by atoms with Crippen LogP contribution in [0.25, 0.3) is 11.3 Å². The van der Waals surface area contributed by atoms with E-state index >= 15 is 0 Å². The summed E-state index contributed by atoms with van der Waals surface area (Å²) in [4.78, 5) is 70.8. The van der Waals surface area contributed by atoms with Crippen molar-refractivity contribution in [3.63, 3.8) is 0 Å². The minimum absolute atomic E-state index is 0.00611. The Balaban J connectivity index is 0.713. The summed E-state index contributed by atoms with van der Waals surface area (Å²) < 4.78 is 24.6. The van der Waals surface area contributed by atoms with Gasteiger partial charge in [-0.05, 0) is 85.7 Å². The number of anilines is 1. The highest BCUT2D eigenvalue weighted by atomic mass is 16.5. The van der Waals surface area contributed by atoms with Crippen molar-refractivity contribution in [1.82, 2.24) is 24.9 Å². The zero-order valence-corrected chi connectivity index (χ0v) is 37.6. The second-order valence-corrected chi connectivity index (χ2v) is 16.6. The van der Waals surface area contributed by atoms with Crippen molar-refractivity contribution in [3.8, 4) is 34.6 Å². The van der Waals surface area contributed by atoms with Crippen LogP contribution in [0.3, 0.4) is 0 Å². The Bertz CT molecular complexity index is 2610. The predicted octanol–water partition coefficient (Wildman–Crippen LogP) is 3.28. The van der Waals surface area contributed by atoms with E-state index in [-0.39, 0.29) is 55.0 Å². The summed E-state index contributed by atoms with van der Waals surface area (Å²) in [5.41, 5.74) is 9.56. The summed E-state index contributed by atoms with van der Waals surface area (Å²) in [6.45, 7) is 4.05. The van der Waals surface area contributed by atoms with E-state index in [9.17, 15) is 24.0 Å². The fourth-order valence-corrected chi connectivity index (χ4v) is 8.94. The lowest BCUT2D eigenvalue weighted by molar-refractivity contribution is -0.137. The first kappa shape index (κ1) is 47.1. The van der Waals surface area contributed by atoms with E-state index in [0.29, 0.717) is 99.6 Å². The van der Waals surface area contributed by atoms with Gasteiger partial charge in [0.1, 0.15) is 41.2 Å². The number of likely N-dealkylation sites (tertiary alicyclic amines) is 1. The van der Waals surface area contributed by atoms with Crippen molar-refractivity contribution in [1.29, 1.82) is 0 Å². The van der Waals surface area contributed by atoms with Crippen LogP contribution in [0, 0.1) is 17.8 Å². The molecule has 5 heterocycles. The van der Waals surface area contributed by atoms with Crippen LogP contribution in [-0.2, 0) is 35.1 Å². The van der Waals surface area contributed by atoms with Gasteiger partial charge in [-0.25, -0.2) is 4.68 Å². The Morgan fingerprint density at radius 1 is 0.868 bits per heavy atom. The third kappa shape index (κ3) is 11.1. The molecule has 0 bridgehead atoms. The molecule has 19 heteroatoms. The zero-order valence-electron chi connectivity index (χ0n) is 37.6. The van der Waals surface area contributed by atoms with Gasteiger partial charge in [-0.15, -0.1) is 0 Å². The first-order valence-corrected chi connectivity index (χ1v) is 22.7. The van der Waals surface area contributed by atoms with Gasteiger partial charge in [0, 0.05) is 49.3 Å². The molecule has 68 heavy (non-hydrogen) atoms. The number of nitrogens with zero attached hydrogens (tertiary/aromatic N) is 6. The number of benzene rings is 3. The summed E-state index contributed by atoms with van der Waals surface area (Å²) in [5.74, 6) is 12.0. The molecular formula is C49H54N10O9. The number of hydrazone groups is 1. The van der Waals surface area contributed by atoms with Crippen LogP contribution >= 0.6 is 0 Å². The van der Waals surface area contributed by atoms with Crippen molar-refractivity contribution in [2.24, 2.45) is 27.6 Å². The fraction of sp³-hybridized carbons (Fsp3) is 0.388. The average Bonchev–Trinajstić information content (AvgIpc) is 3.92. The Hall–Kier alpha value is -7.40. The van der Waals surface area contributed by atoms with Gasteiger partial charge in [-0.3, -0.25) is 34.3 Å². The van der Waals surface area contributed by atoms with Crippen LogP contribution in [0.1, 0.15) is 70.0 Å². The first-order valence-electron chi connectivity index (χ1n) is 22.7. The number of carbonyl (C=O) groups is 5. The lowest BCUT2D eigenvalue weighted by Crippen LogP contribution is -2.52. The van der Waals surface area contributed by atoms with Crippen molar-refractivity contribution in [3.05, 3.63) is 95.1 Å². The minimum Gasteiger partial charge on any atom is -0.457 e. The normalized spacial score (nSPS) is 18.4. The van der Waals surface area contributed by atoms with E-state index in [4.69, 9.17) is 35.6 Å². The van der Waals surface area contributed by atoms with Gasteiger partial charge in [0.15, 0.2) is 5.71 Å². The third-order valence-electron chi connectivity index (χ3n) is 12.3. The number of imide groups is 1. The molecule has 4 aliphatic heterocycles. The summed E-state index contributed by atoms with van der Waals surface area (Å²) in [6, 6.07) is 21.5. The molecule has 2 atom stereocenters. The number of fused-ring (bicyclic) bond motifs is 2. The van der Waals surface area contributed by atoms with E-state index in [2.05, 4.69) is 32.6 Å². The number of carbonyl (C=O) groups excluding carboxylic acids is 5. The number of ether oxygens (including phenoxy) is 4. The van der Waals surface area contributed by atoms with E-state index in [1.165, 1.54) is 11.1 Å². The summed E-state index contributed by atoms with van der Waals surface area (Å²) >= 11 is 0. The predicted molar refractivity (Wildman–Crippen MR) is 251 cm³/mol. The number of primary amides is 1. The van der Waals surface area contributed by atoms with E-state index in [0.717, 1.165) is 36.1 Å². The molecule has 4 aromatic rings. The molecule has 1 unspecified atom stereocenters. The molecule has 19 nitrogen and oxygen atoms in total. The maximum atomic E-state index is 13.4. The highest BCUT2D eigenvalue weighted by molar-refractivity contribution is 6.60. The molecule has 0 aliphatic carbocycles. The van der Waals surface area contributed by atoms with Crippen molar-refractivity contribution < 1.29 is 42.9 Å². The number of hydrogen-bond donors (Lipinski definition) is 4. The molecule has 6 N–H and O–H groups in total. The Morgan fingerprint density at radius 2 is 1.60 bits per heavy atom. The largest absolute Gasteiger partial charge is 0.457 e. The number of hydrogen-bond acceptors (Lipinski definition) is 14. The smallest absolute Gasteiger partial charge is 0.275 e. The molecule has 354 valence electrons. The second-order valence-electron chi connectivity index (χ2n) is 16.6. The van der Waals surface area contributed by atoms with Crippen LogP contribution in [-0.4, -0.2) is 133 Å². The number of rotatable bonds is 18. The number of piperidine rings is 2. The molecule has 2 saturated heterocycles. The van der Waals surface area contributed by atoms with Crippen LogP contribution in [0.2, 0.25) is 0 Å². The van der Waals surface area contributed by atoms with Gasteiger partial charge in [-0.2, -0.15) is 10.2 Å². The van der Waals surface area contributed by atoms with Gasteiger partial charge < -0.3 is 45.6 Å². The number of nitrogens with two attached hydrogens (primary N) is 2. The molecule has 8 rings (SSSR count). The van der Waals surface area contributed by atoms with E-state index < -0.39 is 17.9 Å². The molecule has 5 amide bonds. The van der Waals surface area contributed by atoms with Gasteiger partial charge in [0.25, 0.3) is 17.7 Å². The molecule has 1 aromatic heterocycles. The molecular weight excluding hydrogens is 873 g/mol. The van der Waals surface area contributed by atoms with E-state index in [1.807, 2.05) is 65.3 Å². The molecule has 0 saturated carbocycles. The highest BCUT2D eigenvalue weighted by Crippen LogP contribution is 2.40. The summed E-state index contributed by atoms with van der Waals surface area (Å²) in [7, 11) is 0. The standard InChI is InChI=1S/C49H54N10O9/c50-45(61)43-44(34-11-13-36(14-12-34)68-35-8-2-1-3-9-35)56-59-40(17-20-53-46(43)59)33-18-22-57(23-19-33)49(64)39(55-51)30-52-21-25-66-27-29-67-28-26-65-24-5-7-32-6-4-10-37-38(32)31-58(48(37)63)41-15-16-42(60)54-47(41)62/h1-4,6,8-14,30,33,40-41,53H,15-29,31,51H2,(H2,50,61)(H,54,60,62)/t40-,41?/m0/s1. The van der Waals surface area contributed by atoms with Crippen molar-refractivity contribution in [2.75, 3.05) is 71.1 Å². The van der Waals surface area contributed by atoms with Gasteiger partial charge in [-0.1, -0.05) is 36.1 Å². The maximum absolute atomic E-state index is 13.4. The second kappa shape index (κ2) is 22.4. The molecule has 2 fully saturated rings. The van der Waals surface area contributed by atoms with Crippen LogP contribution in [0.4, 0.5) is 5.82 Å². The molecule has 4 aliphatic rings. The lowest BCUT2D eigenvalue weighted by atomic mass is 9.86. The van der Waals surface area contributed by atoms with Gasteiger partial charge >= 0.3 is 0 Å². The minimum atomic E-state index is -0.684. The Kier molecular flexibility index (Phi) is 15.5. The first-order chi connectivity index (χ1) is 33.2. The van der Waals surface area contributed by atoms with E-state index in [1.54, 1.807) is 17.0 Å². The quantitative estimate of drug-likeness (QED) is 0.0281. The number of para-hydroxylation sites is 1. The molecule has 0 spiro atoms. The van der Waals surface area contributed by atoms with Gasteiger partial charge in [0.2, 0.25) is 11.8 Å².